The molecule has 15 heavy (non-hydrogen) atoms. The summed E-state index contributed by atoms with van der Waals surface area (Å²) in [6.45, 7) is 3.98. The van der Waals surface area contributed by atoms with E-state index in [1.54, 1.807) is 0 Å². The van der Waals surface area contributed by atoms with Gasteiger partial charge in [0.25, 0.3) is 0 Å². The molecule has 0 radical (unpaired) electrons. The van der Waals surface area contributed by atoms with Crippen molar-refractivity contribution in [2.75, 3.05) is 26.7 Å². The van der Waals surface area contributed by atoms with Crippen LogP contribution in [0.25, 0.3) is 0 Å². The lowest BCUT2D eigenvalue weighted by atomic mass is 10.0. The second-order valence-corrected chi connectivity index (χ2v) is 5.33. The van der Waals surface area contributed by atoms with Gasteiger partial charge >= 0.3 is 0 Å². The standard InChI is InChI=1S/C13H26N2/c1-14-11-12-5-4-6-13(8-7-12)15-9-2-3-10-15/h12-14H,2-11H2,1H3. The van der Waals surface area contributed by atoms with Crippen LogP contribution < -0.4 is 5.32 Å². The smallest absolute Gasteiger partial charge is 0.00953 e. The largest absolute Gasteiger partial charge is 0.319 e. The predicted octanol–water partition coefficient (Wildman–Crippen LogP) is 2.25. The van der Waals surface area contributed by atoms with Gasteiger partial charge in [-0.15, -0.1) is 0 Å². The number of likely N-dealkylation sites (tertiary alicyclic amines) is 1. The lowest BCUT2D eigenvalue weighted by Crippen LogP contribution is -2.32. The van der Waals surface area contributed by atoms with Crippen LogP contribution in [0.2, 0.25) is 0 Å². The van der Waals surface area contributed by atoms with Crippen molar-refractivity contribution in [3.05, 3.63) is 0 Å². The molecule has 2 heteroatoms. The highest BCUT2D eigenvalue weighted by atomic mass is 15.2. The van der Waals surface area contributed by atoms with Crippen LogP contribution in [0.15, 0.2) is 0 Å². The lowest BCUT2D eigenvalue weighted by molar-refractivity contribution is 0.219. The number of nitrogens with one attached hydrogen (secondary N) is 1. The first-order valence-electron chi connectivity index (χ1n) is 6.79. The molecule has 1 saturated carbocycles. The maximum Gasteiger partial charge on any atom is 0.00953 e. The van der Waals surface area contributed by atoms with Crippen molar-refractivity contribution in [3.63, 3.8) is 0 Å². The van der Waals surface area contributed by atoms with E-state index in [0.717, 1.165) is 12.0 Å². The summed E-state index contributed by atoms with van der Waals surface area (Å²) in [5.41, 5.74) is 0. The maximum atomic E-state index is 3.34. The summed E-state index contributed by atoms with van der Waals surface area (Å²) in [7, 11) is 2.09. The Balaban J connectivity index is 1.78. The van der Waals surface area contributed by atoms with E-state index in [4.69, 9.17) is 0 Å². The molecule has 1 saturated heterocycles. The van der Waals surface area contributed by atoms with E-state index in [-0.39, 0.29) is 0 Å². The minimum Gasteiger partial charge on any atom is -0.319 e. The van der Waals surface area contributed by atoms with Gasteiger partial charge in [-0.05, 0) is 71.1 Å². The Morgan fingerprint density at radius 3 is 2.53 bits per heavy atom. The molecule has 1 heterocycles. The molecular formula is C13H26N2. The summed E-state index contributed by atoms with van der Waals surface area (Å²) in [6.07, 6.45) is 10.1. The summed E-state index contributed by atoms with van der Waals surface area (Å²) in [5.74, 6) is 0.947. The first kappa shape index (κ1) is 11.4. The molecule has 1 N–H and O–H groups in total. The molecule has 1 aliphatic carbocycles. The van der Waals surface area contributed by atoms with Crippen LogP contribution in [0.4, 0.5) is 0 Å². The predicted molar refractivity (Wildman–Crippen MR) is 65.1 cm³/mol. The van der Waals surface area contributed by atoms with Crippen molar-refractivity contribution in [3.8, 4) is 0 Å². The van der Waals surface area contributed by atoms with Crippen LogP contribution in [-0.2, 0) is 0 Å². The van der Waals surface area contributed by atoms with Crippen molar-refractivity contribution in [1.29, 1.82) is 0 Å². The van der Waals surface area contributed by atoms with E-state index in [1.807, 2.05) is 0 Å². The van der Waals surface area contributed by atoms with Gasteiger partial charge in [-0.3, -0.25) is 0 Å². The molecule has 2 fully saturated rings. The molecule has 88 valence electrons. The second-order valence-electron chi connectivity index (χ2n) is 5.33. The van der Waals surface area contributed by atoms with Crippen LogP contribution in [0.5, 0.6) is 0 Å². The molecule has 0 aromatic heterocycles. The third-order valence-electron chi connectivity index (χ3n) is 4.21. The van der Waals surface area contributed by atoms with Crippen LogP contribution in [0, 0.1) is 5.92 Å². The Labute approximate surface area is 94.4 Å². The first-order chi connectivity index (χ1) is 7.40. The van der Waals surface area contributed by atoms with E-state index >= 15 is 0 Å². The zero-order chi connectivity index (χ0) is 10.5. The molecule has 2 aliphatic rings. The van der Waals surface area contributed by atoms with Crippen molar-refractivity contribution in [1.82, 2.24) is 10.2 Å². The molecule has 2 nitrogen and oxygen atoms in total. The second kappa shape index (κ2) is 5.86. The summed E-state index contributed by atoms with van der Waals surface area (Å²) >= 11 is 0. The number of rotatable bonds is 3. The molecule has 1 aliphatic heterocycles. The van der Waals surface area contributed by atoms with Gasteiger partial charge < -0.3 is 10.2 Å². The Morgan fingerprint density at radius 2 is 1.80 bits per heavy atom. The summed E-state index contributed by atoms with van der Waals surface area (Å²) in [5, 5.41) is 3.34. The van der Waals surface area contributed by atoms with Crippen molar-refractivity contribution >= 4 is 0 Å². The molecule has 0 spiro atoms. The fourth-order valence-corrected chi connectivity index (χ4v) is 3.32. The number of hydrogen-bond acceptors (Lipinski definition) is 2. The molecule has 0 amide bonds. The first-order valence-corrected chi connectivity index (χ1v) is 6.79. The number of hydrogen-bond donors (Lipinski definition) is 1. The van der Waals surface area contributed by atoms with E-state index in [0.29, 0.717) is 0 Å². The topological polar surface area (TPSA) is 15.3 Å². The van der Waals surface area contributed by atoms with Gasteiger partial charge in [0.2, 0.25) is 0 Å². The molecule has 0 aromatic rings. The molecule has 2 rings (SSSR count). The average Bonchev–Trinajstić information content (AvgIpc) is 2.67. The van der Waals surface area contributed by atoms with Crippen molar-refractivity contribution < 1.29 is 0 Å². The fraction of sp³-hybridized carbons (Fsp3) is 1.00. The minimum atomic E-state index is 0.925. The molecule has 0 bridgehead atoms. The van der Waals surface area contributed by atoms with E-state index < -0.39 is 0 Å². The quantitative estimate of drug-likeness (QED) is 0.719. The minimum absolute atomic E-state index is 0.925. The van der Waals surface area contributed by atoms with Gasteiger partial charge in [-0.1, -0.05) is 6.42 Å². The molecular weight excluding hydrogens is 184 g/mol. The van der Waals surface area contributed by atoms with Gasteiger partial charge in [0, 0.05) is 6.04 Å². The molecule has 2 unspecified atom stereocenters. The van der Waals surface area contributed by atoms with Crippen LogP contribution >= 0.6 is 0 Å². The monoisotopic (exact) mass is 210 g/mol. The molecule has 2 atom stereocenters. The van der Waals surface area contributed by atoms with Crippen molar-refractivity contribution in [2.24, 2.45) is 5.92 Å². The van der Waals surface area contributed by atoms with Gasteiger partial charge in [0.15, 0.2) is 0 Å². The third-order valence-corrected chi connectivity index (χ3v) is 4.21. The van der Waals surface area contributed by atoms with E-state index in [9.17, 15) is 0 Å². The van der Waals surface area contributed by atoms with Gasteiger partial charge in [-0.2, -0.15) is 0 Å². The summed E-state index contributed by atoms with van der Waals surface area (Å²) in [6, 6.07) is 0.925. The highest BCUT2D eigenvalue weighted by Gasteiger charge is 2.25. The maximum absolute atomic E-state index is 3.34. The number of nitrogens with zero attached hydrogens (tertiary/aromatic N) is 1. The Morgan fingerprint density at radius 1 is 1.00 bits per heavy atom. The Hall–Kier alpha value is -0.0800. The van der Waals surface area contributed by atoms with Crippen LogP contribution in [0.1, 0.15) is 44.9 Å². The SMILES string of the molecule is CNCC1CCCC(N2CCCC2)CC1. The van der Waals surface area contributed by atoms with Gasteiger partial charge in [-0.25, -0.2) is 0 Å². The van der Waals surface area contributed by atoms with Crippen LogP contribution in [0.3, 0.4) is 0 Å². The van der Waals surface area contributed by atoms with E-state index in [2.05, 4.69) is 17.3 Å². The van der Waals surface area contributed by atoms with Crippen LogP contribution in [-0.4, -0.2) is 37.6 Å². The lowest BCUT2D eigenvalue weighted by Gasteiger charge is -2.26. The van der Waals surface area contributed by atoms with Crippen molar-refractivity contribution in [2.45, 2.75) is 51.0 Å². The summed E-state index contributed by atoms with van der Waals surface area (Å²) < 4.78 is 0. The third kappa shape index (κ3) is 3.18. The summed E-state index contributed by atoms with van der Waals surface area (Å²) in [4.78, 5) is 2.75. The average molecular weight is 210 g/mol. The highest BCUT2D eigenvalue weighted by molar-refractivity contribution is 4.80. The Bertz CT molecular complexity index is 175. The molecule has 0 aromatic carbocycles. The zero-order valence-electron chi connectivity index (χ0n) is 10.2. The van der Waals surface area contributed by atoms with Gasteiger partial charge in [0.1, 0.15) is 0 Å². The normalized spacial score (nSPS) is 34.2. The van der Waals surface area contributed by atoms with E-state index in [1.165, 1.54) is 64.6 Å². The highest BCUT2D eigenvalue weighted by Crippen LogP contribution is 2.27. The fourth-order valence-electron chi connectivity index (χ4n) is 3.32. The van der Waals surface area contributed by atoms with Gasteiger partial charge in [0.05, 0.1) is 0 Å². The Kier molecular flexibility index (Phi) is 4.45. The zero-order valence-corrected chi connectivity index (χ0v) is 10.2.